The van der Waals surface area contributed by atoms with Gasteiger partial charge in [0.15, 0.2) is 0 Å². The number of aryl methyl sites for hydroxylation is 2. The molecule has 0 unspecified atom stereocenters. The number of amides is 2. The van der Waals surface area contributed by atoms with Crippen molar-refractivity contribution in [2.24, 2.45) is 0 Å². The monoisotopic (exact) mass is 657 g/mol. The van der Waals surface area contributed by atoms with Crippen molar-refractivity contribution in [2.75, 3.05) is 24.5 Å². The number of nitrogens with one attached hydrogen (secondary N) is 1. The van der Waals surface area contributed by atoms with Crippen LogP contribution in [0.3, 0.4) is 0 Å². The van der Waals surface area contributed by atoms with Crippen LogP contribution < -0.4 is 14.4 Å². The van der Waals surface area contributed by atoms with Crippen LogP contribution >= 0.6 is 15.9 Å². The number of ether oxygens (including phenoxy) is 1. The number of unbranched alkanes of at least 4 members (excludes halogenated alkanes) is 1. The van der Waals surface area contributed by atoms with Gasteiger partial charge in [0, 0.05) is 13.1 Å². The summed E-state index contributed by atoms with van der Waals surface area (Å²) in [5.74, 6) is -0.250. The van der Waals surface area contributed by atoms with Gasteiger partial charge in [-0.2, -0.15) is 0 Å². The van der Waals surface area contributed by atoms with Gasteiger partial charge in [-0.25, -0.2) is 8.42 Å². The Hall–Kier alpha value is -3.37. The summed E-state index contributed by atoms with van der Waals surface area (Å²) in [5, 5.41) is 2.95. The van der Waals surface area contributed by atoms with E-state index in [1.54, 1.807) is 30.3 Å². The molecule has 8 nitrogen and oxygen atoms in total. The molecule has 0 spiro atoms. The van der Waals surface area contributed by atoms with Gasteiger partial charge in [0.25, 0.3) is 10.0 Å². The highest BCUT2D eigenvalue weighted by atomic mass is 79.9. The molecular formula is C32H40BrN3O5S. The Labute approximate surface area is 258 Å². The molecule has 226 valence electrons. The first kappa shape index (κ1) is 33.1. The number of anilines is 1. The fraction of sp³-hybridized carbons (Fsp3) is 0.375. The van der Waals surface area contributed by atoms with E-state index in [4.69, 9.17) is 4.74 Å². The molecule has 0 aromatic heterocycles. The zero-order valence-electron chi connectivity index (χ0n) is 24.9. The number of nitrogens with zero attached hydrogens (tertiary/aromatic N) is 2. The molecule has 0 bridgehead atoms. The maximum atomic E-state index is 14.2. The van der Waals surface area contributed by atoms with Gasteiger partial charge in [0.05, 0.1) is 22.2 Å². The number of benzene rings is 3. The number of rotatable bonds is 14. The fourth-order valence-corrected chi connectivity index (χ4v) is 6.70. The molecule has 0 saturated carbocycles. The van der Waals surface area contributed by atoms with Gasteiger partial charge in [-0.1, -0.05) is 62.2 Å². The topological polar surface area (TPSA) is 96.0 Å². The second-order valence-electron chi connectivity index (χ2n) is 10.2. The molecule has 0 aliphatic heterocycles. The summed E-state index contributed by atoms with van der Waals surface area (Å²) in [5.41, 5.74) is 3.15. The van der Waals surface area contributed by atoms with Crippen LogP contribution in [-0.4, -0.2) is 51.4 Å². The summed E-state index contributed by atoms with van der Waals surface area (Å²) in [6.45, 7) is 7.94. The van der Waals surface area contributed by atoms with Gasteiger partial charge in [-0.05, 0) is 84.1 Å². The van der Waals surface area contributed by atoms with E-state index in [-0.39, 0.29) is 17.3 Å². The van der Waals surface area contributed by atoms with Crippen molar-refractivity contribution in [3.8, 4) is 5.75 Å². The minimum absolute atomic E-state index is 0.00152. The van der Waals surface area contributed by atoms with Crippen molar-refractivity contribution in [3.63, 3.8) is 0 Å². The van der Waals surface area contributed by atoms with Crippen LogP contribution in [-0.2, 0) is 26.2 Å². The van der Waals surface area contributed by atoms with Crippen LogP contribution in [0, 0.1) is 13.8 Å². The Kier molecular flexibility index (Phi) is 12.0. The number of hydrogen-bond acceptors (Lipinski definition) is 5. The number of hydrogen-bond donors (Lipinski definition) is 1. The van der Waals surface area contributed by atoms with Gasteiger partial charge in [-0.3, -0.25) is 13.9 Å². The molecule has 0 aliphatic rings. The molecule has 10 heteroatoms. The standard InChI is InChI=1S/C32H40BrN3O5S/c1-6-8-19-34-32(38)29(7-2)35(21-25-12-10-9-11-24(25)4)31(37)22-36(26-15-13-23(3)14-16-26)42(39,40)27-17-18-30(41-5)28(33)20-27/h9-18,20,29H,6-8,19,21-22H2,1-5H3,(H,34,38)/t29-/m1/s1. The van der Waals surface area contributed by atoms with Crippen LogP contribution in [0.2, 0.25) is 0 Å². The molecule has 0 aliphatic carbocycles. The van der Waals surface area contributed by atoms with Gasteiger partial charge in [0.1, 0.15) is 18.3 Å². The Morgan fingerprint density at radius 2 is 1.69 bits per heavy atom. The van der Waals surface area contributed by atoms with E-state index in [0.717, 1.165) is 33.8 Å². The van der Waals surface area contributed by atoms with Gasteiger partial charge >= 0.3 is 0 Å². The lowest BCUT2D eigenvalue weighted by atomic mass is 10.1. The van der Waals surface area contributed by atoms with Crippen molar-refractivity contribution in [1.29, 1.82) is 0 Å². The lowest BCUT2D eigenvalue weighted by Crippen LogP contribution is -2.52. The van der Waals surface area contributed by atoms with E-state index in [0.29, 0.717) is 28.9 Å². The zero-order chi connectivity index (χ0) is 30.9. The smallest absolute Gasteiger partial charge is 0.264 e. The summed E-state index contributed by atoms with van der Waals surface area (Å²) >= 11 is 3.38. The predicted octanol–water partition coefficient (Wildman–Crippen LogP) is 5.99. The zero-order valence-corrected chi connectivity index (χ0v) is 27.3. The van der Waals surface area contributed by atoms with E-state index < -0.39 is 28.5 Å². The number of halogens is 1. The van der Waals surface area contributed by atoms with E-state index in [1.165, 1.54) is 24.1 Å². The molecule has 0 radical (unpaired) electrons. The molecule has 0 saturated heterocycles. The van der Waals surface area contributed by atoms with E-state index in [2.05, 4.69) is 21.2 Å². The van der Waals surface area contributed by atoms with Crippen LogP contribution in [0.25, 0.3) is 0 Å². The molecule has 2 amide bonds. The number of carbonyl (C=O) groups is 2. The average molecular weight is 659 g/mol. The normalized spacial score (nSPS) is 12.0. The summed E-state index contributed by atoms with van der Waals surface area (Å²) in [6, 6.07) is 18.3. The van der Waals surface area contributed by atoms with Crippen LogP contribution in [0.4, 0.5) is 5.69 Å². The summed E-state index contributed by atoms with van der Waals surface area (Å²) in [7, 11) is -2.70. The Morgan fingerprint density at radius 3 is 2.29 bits per heavy atom. The third kappa shape index (κ3) is 8.13. The Morgan fingerprint density at radius 1 is 1.00 bits per heavy atom. The summed E-state index contributed by atoms with van der Waals surface area (Å²) in [6.07, 6.45) is 2.12. The molecule has 3 aromatic rings. The average Bonchev–Trinajstić information content (AvgIpc) is 2.97. The minimum Gasteiger partial charge on any atom is -0.496 e. The fourth-order valence-electron chi connectivity index (χ4n) is 4.57. The van der Waals surface area contributed by atoms with E-state index in [1.807, 2.05) is 52.0 Å². The number of methoxy groups -OCH3 is 1. The van der Waals surface area contributed by atoms with Crippen molar-refractivity contribution in [3.05, 3.63) is 87.9 Å². The molecule has 0 heterocycles. The molecule has 1 N–H and O–H groups in total. The van der Waals surface area contributed by atoms with Crippen molar-refractivity contribution in [2.45, 2.75) is 64.4 Å². The third-order valence-electron chi connectivity index (χ3n) is 7.13. The molecule has 1 atom stereocenters. The first-order valence-corrected chi connectivity index (χ1v) is 16.3. The molecule has 3 aromatic carbocycles. The first-order valence-electron chi connectivity index (χ1n) is 14.1. The van der Waals surface area contributed by atoms with Crippen LogP contribution in [0.5, 0.6) is 5.75 Å². The van der Waals surface area contributed by atoms with Crippen molar-refractivity contribution in [1.82, 2.24) is 10.2 Å². The highest BCUT2D eigenvalue weighted by molar-refractivity contribution is 9.10. The second kappa shape index (κ2) is 15.2. The number of carbonyl (C=O) groups excluding carboxylic acids is 2. The first-order chi connectivity index (χ1) is 20.0. The quantitative estimate of drug-likeness (QED) is 0.215. The third-order valence-corrected chi connectivity index (χ3v) is 9.52. The van der Waals surface area contributed by atoms with Gasteiger partial charge in [0.2, 0.25) is 11.8 Å². The molecular weight excluding hydrogens is 618 g/mol. The van der Waals surface area contributed by atoms with E-state index in [9.17, 15) is 18.0 Å². The highest BCUT2D eigenvalue weighted by Gasteiger charge is 2.34. The van der Waals surface area contributed by atoms with Crippen molar-refractivity contribution < 1.29 is 22.7 Å². The Balaban J connectivity index is 2.07. The number of sulfonamides is 1. The maximum Gasteiger partial charge on any atom is 0.264 e. The summed E-state index contributed by atoms with van der Waals surface area (Å²) in [4.78, 5) is 29.0. The predicted molar refractivity (Wildman–Crippen MR) is 170 cm³/mol. The van der Waals surface area contributed by atoms with Gasteiger partial charge < -0.3 is 15.0 Å². The second-order valence-corrected chi connectivity index (χ2v) is 12.9. The maximum absolute atomic E-state index is 14.2. The lowest BCUT2D eigenvalue weighted by Gasteiger charge is -2.33. The largest absolute Gasteiger partial charge is 0.496 e. The molecule has 0 fully saturated rings. The highest BCUT2D eigenvalue weighted by Crippen LogP contribution is 2.31. The summed E-state index contributed by atoms with van der Waals surface area (Å²) < 4.78 is 35.1. The van der Waals surface area contributed by atoms with Crippen LogP contribution in [0.1, 0.15) is 49.8 Å². The SMILES string of the molecule is CCCCNC(=O)[C@@H](CC)N(Cc1ccccc1C)C(=O)CN(c1ccc(C)cc1)S(=O)(=O)c1ccc(OC)c(Br)c1. The molecule has 42 heavy (non-hydrogen) atoms. The lowest BCUT2D eigenvalue weighted by molar-refractivity contribution is -0.140. The van der Waals surface area contributed by atoms with Crippen molar-refractivity contribution >= 4 is 43.5 Å². The van der Waals surface area contributed by atoms with Gasteiger partial charge in [-0.15, -0.1) is 0 Å². The van der Waals surface area contributed by atoms with E-state index >= 15 is 0 Å². The van der Waals surface area contributed by atoms with Crippen LogP contribution in [0.15, 0.2) is 76.1 Å². The molecule has 3 rings (SSSR count). The minimum atomic E-state index is -4.19. The Bertz CT molecular complexity index is 1480.